The number of halogens is 2. The number of amides is 1. The fraction of sp³-hybridized carbons (Fsp3) is 0.316. The van der Waals surface area contributed by atoms with Gasteiger partial charge < -0.3 is 5.32 Å². The number of benzene rings is 2. The average molecular weight is 363 g/mol. The van der Waals surface area contributed by atoms with Crippen LogP contribution in [0.1, 0.15) is 34.8 Å². The van der Waals surface area contributed by atoms with Crippen molar-refractivity contribution in [1.82, 2.24) is 10.2 Å². The molecule has 3 rings (SSSR count). The highest BCUT2D eigenvalue weighted by molar-refractivity contribution is 6.33. The molecular weight excluding hydrogens is 343 g/mol. The van der Waals surface area contributed by atoms with Crippen molar-refractivity contribution in [3.8, 4) is 0 Å². The molecule has 1 saturated heterocycles. The molecule has 2 aromatic rings. The van der Waals surface area contributed by atoms with E-state index in [1.54, 1.807) is 12.1 Å². The summed E-state index contributed by atoms with van der Waals surface area (Å²) in [5.41, 5.74) is 1.55. The Balaban J connectivity index is 1.76. The first kappa shape index (κ1) is 17.3. The van der Waals surface area contributed by atoms with Crippen LogP contribution < -0.4 is 5.32 Å². The van der Waals surface area contributed by atoms with E-state index in [2.05, 4.69) is 10.2 Å². The molecule has 1 unspecified atom stereocenters. The third-order valence-electron chi connectivity index (χ3n) is 4.42. The van der Waals surface area contributed by atoms with Crippen LogP contribution in [-0.4, -0.2) is 30.4 Å². The van der Waals surface area contributed by atoms with Crippen LogP contribution in [0.4, 0.5) is 0 Å². The zero-order valence-electron chi connectivity index (χ0n) is 13.3. The van der Waals surface area contributed by atoms with E-state index in [9.17, 15) is 4.79 Å². The molecule has 1 N–H and O–H groups in total. The van der Waals surface area contributed by atoms with Crippen LogP contribution in [0.3, 0.4) is 0 Å². The molecule has 1 fully saturated rings. The maximum absolute atomic E-state index is 12.5. The van der Waals surface area contributed by atoms with Crippen molar-refractivity contribution in [2.24, 2.45) is 0 Å². The minimum Gasteiger partial charge on any atom is -0.350 e. The van der Waals surface area contributed by atoms with Gasteiger partial charge in [-0.25, -0.2) is 0 Å². The van der Waals surface area contributed by atoms with Crippen molar-refractivity contribution < 1.29 is 4.79 Å². The molecule has 1 amide bonds. The Morgan fingerprint density at radius 1 is 1.00 bits per heavy atom. The zero-order valence-corrected chi connectivity index (χ0v) is 14.9. The summed E-state index contributed by atoms with van der Waals surface area (Å²) in [6.45, 7) is 2.56. The van der Waals surface area contributed by atoms with Gasteiger partial charge in [-0.15, -0.1) is 0 Å². The zero-order chi connectivity index (χ0) is 16.9. The summed E-state index contributed by atoms with van der Waals surface area (Å²) in [4.78, 5) is 14.8. The van der Waals surface area contributed by atoms with Crippen LogP contribution in [0.25, 0.3) is 0 Å². The molecule has 5 heteroatoms. The minimum absolute atomic E-state index is 0.0765. The Bertz CT molecular complexity index is 714. The summed E-state index contributed by atoms with van der Waals surface area (Å²) in [6, 6.07) is 15.0. The Kier molecular flexibility index (Phi) is 5.77. The van der Waals surface area contributed by atoms with Crippen molar-refractivity contribution >= 4 is 29.1 Å². The lowest BCUT2D eigenvalue weighted by Crippen LogP contribution is -2.37. The highest BCUT2D eigenvalue weighted by atomic mass is 35.5. The number of carbonyl (C=O) groups is 1. The molecule has 2 aromatic carbocycles. The van der Waals surface area contributed by atoms with E-state index >= 15 is 0 Å². The van der Waals surface area contributed by atoms with Crippen LogP contribution in [0.5, 0.6) is 0 Å². The molecule has 0 aromatic heterocycles. The van der Waals surface area contributed by atoms with Crippen molar-refractivity contribution in [3.05, 3.63) is 69.7 Å². The fourth-order valence-electron chi connectivity index (χ4n) is 3.16. The first-order valence-electron chi connectivity index (χ1n) is 8.18. The van der Waals surface area contributed by atoms with E-state index in [1.807, 2.05) is 36.4 Å². The molecule has 126 valence electrons. The van der Waals surface area contributed by atoms with E-state index in [-0.39, 0.29) is 11.9 Å². The number of hydrogen-bond donors (Lipinski definition) is 1. The lowest BCUT2D eigenvalue weighted by atomic mass is 10.0. The number of rotatable bonds is 5. The topological polar surface area (TPSA) is 32.3 Å². The maximum atomic E-state index is 12.5. The van der Waals surface area contributed by atoms with E-state index in [1.165, 1.54) is 12.8 Å². The lowest BCUT2D eigenvalue weighted by molar-refractivity contribution is 0.0938. The van der Waals surface area contributed by atoms with E-state index in [0.29, 0.717) is 17.1 Å². The van der Waals surface area contributed by atoms with E-state index < -0.39 is 0 Å². The summed E-state index contributed by atoms with van der Waals surface area (Å²) in [7, 11) is 0. The highest BCUT2D eigenvalue weighted by Gasteiger charge is 2.25. The first-order chi connectivity index (χ1) is 11.7. The van der Waals surface area contributed by atoms with Gasteiger partial charge in [0.2, 0.25) is 0 Å². The van der Waals surface area contributed by atoms with Gasteiger partial charge in [0.1, 0.15) is 0 Å². The maximum Gasteiger partial charge on any atom is 0.252 e. The smallest absolute Gasteiger partial charge is 0.252 e. The van der Waals surface area contributed by atoms with Gasteiger partial charge in [-0.3, -0.25) is 9.69 Å². The summed E-state index contributed by atoms with van der Waals surface area (Å²) in [5.74, 6) is -0.156. The molecule has 1 atom stereocenters. The second-order valence-corrected chi connectivity index (χ2v) is 6.78. The van der Waals surface area contributed by atoms with Crippen molar-refractivity contribution in [3.63, 3.8) is 0 Å². The summed E-state index contributed by atoms with van der Waals surface area (Å²) < 4.78 is 0. The van der Waals surface area contributed by atoms with Gasteiger partial charge in [-0.1, -0.05) is 53.5 Å². The van der Waals surface area contributed by atoms with Crippen molar-refractivity contribution in [1.29, 1.82) is 0 Å². The first-order valence-corrected chi connectivity index (χ1v) is 8.93. The number of hydrogen-bond acceptors (Lipinski definition) is 2. The van der Waals surface area contributed by atoms with Gasteiger partial charge in [-0.05, 0) is 49.7 Å². The molecule has 0 bridgehead atoms. The largest absolute Gasteiger partial charge is 0.350 e. The second-order valence-electron chi connectivity index (χ2n) is 5.97. The number of nitrogens with one attached hydrogen (secondary N) is 1. The van der Waals surface area contributed by atoms with Gasteiger partial charge in [0.25, 0.3) is 5.91 Å². The monoisotopic (exact) mass is 362 g/mol. The van der Waals surface area contributed by atoms with Crippen LogP contribution in [0.2, 0.25) is 10.0 Å². The summed E-state index contributed by atoms with van der Waals surface area (Å²) >= 11 is 12.5. The predicted molar refractivity (Wildman–Crippen MR) is 98.8 cm³/mol. The molecule has 0 saturated carbocycles. The van der Waals surface area contributed by atoms with Gasteiger partial charge in [0.15, 0.2) is 0 Å². The average Bonchev–Trinajstić information content (AvgIpc) is 3.11. The standard InChI is InChI=1S/C19H20Cl2N2O/c20-16-9-3-1-7-14(16)18(23-11-5-6-12-23)13-22-19(24)15-8-2-4-10-17(15)21/h1-4,7-10,18H,5-6,11-13H2,(H,22,24). The summed E-state index contributed by atoms with van der Waals surface area (Å²) in [6.07, 6.45) is 2.36. The van der Waals surface area contributed by atoms with Crippen LogP contribution in [0.15, 0.2) is 48.5 Å². The van der Waals surface area contributed by atoms with Crippen LogP contribution in [0, 0.1) is 0 Å². The molecule has 1 aliphatic heterocycles. The minimum atomic E-state index is -0.156. The second kappa shape index (κ2) is 8.02. The van der Waals surface area contributed by atoms with Gasteiger partial charge >= 0.3 is 0 Å². The van der Waals surface area contributed by atoms with E-state index in [0.717, 1.165) is 23.7 Å². The normalized spacial score (nSPS) is 16.1. The van der Waals surface area contributed by atoms with Crippen LogP contribution in [-0.2, 0) is 0 Å². The molecule has 0 aliphatic carbocycles. The van der Waals surface area contributed by atoms with Gasteiger partial charge in [0.05, 0.1) is 16.6 Å². The van der Waals surface area contributed by atoms with Gasteiger partial charge in [-0.2, -0.15) is 0 Å². The van der Waals surface area contributed by atoms with Gasteiger partial charge in [0, 0.05) is 11.6 Å². The molecule has 1 heterocycles. The lowest BCUT2D eigenvalue weighted by Gasteiger charge is -2.29. The van der Waals surface area contributed by atoms with E-state index in [4.69, 9.17) is 23.2 Å². The Hall–Kier alpha value is -1.55. The number of nitrogens with zero attached hydrogens (tertiary/aromatic N) is 1. The Morgan fingerprint density at radius 3 is 2.29 bits per heavy atom. The third kappa shape index (κ3) is 3.92. The van der Waals surface area contributed by atoms with Crippen molar-refractivity contribution in [2.75, 3.05) is 19.6 Å². The third-order valence-corrected chi connectivity index (χ3v) is 5.09. The molecular formula is C19H20Cl2N2O. The van der Waals surface area contributed by atoms with Crippen molar-refractivity contribution in [2.45, 2.75) is 18.9 Å². The number of likely N-dealkylation sites (tertiary alicyclic amines) is 1. The molecule has 24 heavy (non-hydrogen) atoms. The summed E-state index contributed by atoms with van der Waals surface area (Å²) in [5, 5.41) is 4.22. The molecule has 0 spiro atoms. The molecule has 3 nitrogen and oxygen atoms in total. The Morgan fingerprint density at radius 2 is 1.62 bits per heavy atom. The molecule has 1 aliphatic rings. The molecule has 0 radical (unpaired) electrons. The Labute approximate surface area is 152 Å². The highest BCUT2D eigenvalue weighted by Crippen LogP contribution is 2.29. The SMILES string of the molecule is O=C(NCC(c1ccccc1Cl)N1CCCC1)c1ccccc1Cl. The fourth-order valence-corrected chi connectivity index (χ4v) is 3.65. The van der Waals surface area contributed by atoms with Crippen LogP contribution >= 0.6 is 23.2 Å². The number of carbonyl (C=O) groups excluding carboxylic acids is 1. The quantitative estimate of drug-likeness (QED) is 0.845. The predicted octanol–water partition coefficient (Wildman–Crippen LogP) is 4.56.